The second-order valence-electron chi connectivity index (χ2n) is 4.70. The average Bonchev–Trinajstić information content (AvgIpc) is 3.08. The highest BCUT2D eigenvalue weighted by Gasteiger charge is 2.15. The lowest BCUT2D eigenvalue weighted by Gasteiger charge is -2.03. The number of nitrogens with one attached hydrogen (secondary N) is 2. The van der Waals surface area contributed by atoms with Crippen molar-refractivity contribution in [3.05, 3.63) is 40.0 Å². The van der Waals surface area contributed by atoms with Gasteiger partial charge in [-0.2, -0.15) is 0 Å². The first-order chi connectivity index (χ1) is 11.0. The average molecular weight is 363 g/mol. The molecule has 1 aromatic carbocycles. The van der Waals surface area contributed by atoms with E-state index in [2.05, 4.69) is 20.8 Å². The van der Waals surface area contributed by atoms with Crippen LogP contribution in [0.5, 0.6) is 0 Å². The molecule has 9 heteroatoms. The molecule has 0 bridgehead atoms. The second kappa shape index (κ2) is 6.57. The van der Waals surface area contributed by atoms with Crippen molar-refractivity contribution < 1.29 is 4.79 Å². The molecule has 0 aliphatic heterocycles. The molecule has 6 nitrogen and oxygen atoms in total. The van der Waals surface area contributed by atoms with E-state index in [1.165, 1.54) is 22.7 Å². The third-order valence-corrected chi connectivity index (χ3v) is 5.82. The molecule has 0 atom stereocenters. The SMILES string of the molecule is Cc1c(-c2nnc(NC(=O)Nc3ccccc3)s2)sc(=S)n1C. The molecule has 2 aromatic heterocycles. The van der Waals surface area contributed by atoms with Crippen molar-refractivity contribution in [1.29, 1.82) is 0 Å². The number of amides is 2. The van der Waals surface area contributed by atoms with Gasteiger partial charge < -0.3 is 9.88 Å². The first-order valence-corrected chi connectivity index (χ1v) is 8.72. The maximum atomic E-state index is 12.0. The Balaban J connectivity index is 1.73. The minimum Gasteiger partial charge on any atom is -0.330 e. The van der Waals surface area contributed by atoms with E-state index in [0.29, 0.717) is 10.8 Å². The largest absolute Gasteiger partial charge is 0.330 e. The summed E-state index contributed by atoms with van der Waals surface area (Å²) >= 11 is 8.07. The molecule has 0 saturated carbocycles. The lowest BCUT2D eigenvalue weighted by Crippen LogP contribution is -2.19. The number of benzene rings is 1. The fourth-order valence-corrected chi connectivity index (χ4v) is 4.09. The van der Waals surface area contributed by atoms with Gasteiger partial charge in [-0.1, -0.05) is 29.5 Å². The molecule has 2 heterocycles. The molecule has 3 rings (SSSR count). The van der Waals surface area contributed by atoms with Gasteiger partial charge in [0.05, 0.1) is 4.88 Å². The summed E-state index contributed by atoms with van der Waals surface area (Å²) in [6.07, 6.45) is 0. The van der Waals surface area contributed by atoms with Crippen LogP contribution < -0.4 is 10.6 Å². The number of hydrogen-bond donors (Lipinski definition) is 2. The minimum atomic E-state index is -0.351. The maximum absolute atomic E-state index is 12.0. The van der Waals surface area contributed by atoms with Crippen LogP contribution in [0.2, 0.25) is 0 Å². The van der Waals surface area contributed by atoms with E-state index < -0.39 is 0 Å². The third kappa shape index (κ3) is 3.46. The van der Waals surface area contributed by atoms with Crippen LogP contribution >= 0.6 is 34.9 Å². The van der Waals surface area contributed by atoms with E-state index in [1.807, 2.05) is 48.9 Å². The van der Waals surface area contributed by atoms with Crippen molar-refractivity contribution in [2.24, 2.45) is 7.05 Å². The predicted molar refractivity (Wildman–Crippen MR) is 96.8 cm³/mol. The van der Waals surface area contributed by atoms with Crippen LogP contribution in [0.3, 0.4) is 0 Å². The smallest absolute Gasteiger partial charge is 0.325 e. The molecule has 0 aliphatic rings. The number of rotatable bonds is 3. The normalized spacial score (nSPS) is 10.5. The molecule has 23 heavy (non-hydrogen) atoms. The number of urea groups is 1. The molecule has 0 unspecified atom stereocenters. The van der Waals surface area contributed by atoms with Crippen molar-refractivity contribution in [2.75, 3.05) is 10.6 Å². The van der Waals surface area contributed by atoms with Gasteiger partial charge in [-0.05, 0) is 31.3 Å². The molecule has 118 valence electrons. The first-order valence-electron chi connectivity index (χ1n) is 6.68. The summed E-state index contributed by atoms with van der Waals surface area (Å²) in [5.74, 6) is 0. The Kier molecular flexibility index (Phi) is 4.51. The number of anilines is 2. The van der Waals surface area contributed by atoms with E-state index >= 15 is 0 Å². The third-order valence-electron chi connectivity index (χ3n) is 3.17. The molecule has 0 aliphatic carbocycles. The molecule has 0 fully saturated rings. The molecule has 2 N–H and O–H groups in total. The first kappa shape index (κ1) is 15.8. The van der Waals surface area contributed by atoms with Gasteiger partial charge >= 0.3 is 6.03 Å². The number of aromatic nitrogens is 3. The fraction of sp³-hybridized carbons (Fsp3) is 0.143. The highest BCUT2D eigenvalue weighted by Crippen LogP contribution is 2.33. The zero-order chi connectivity index (χ0) is 16.4. The van der Waals surface area contributed by atoms with Gasteiger partial charge in [-0.25, -0.2) is 4.79 Å². The number of para-hydroxylation sites is 1. The quantitative estimate of drug-likeness (QED) is 0.681. The standard InChI is InChI=1S/C14H13N5OS3/c1-8-10(22-14(21)19(8)2)11-17-18-13(23-11)16-12(20)15-9-6-4-3-5-7-9/h3-7H,1-2H3,(H2,15,16,18,20). The van der Waals surface area contributed by atoms with Crippen molar-refractivity contribution in [3.8, 4) is 9.88 Å². The molecular formula is C14H13N5OS3. The number of hydrogen-bond acceptors (Lipinski definition) is 6. The predicted octanol–water partition coefficient (Wildman–Crippen LogP) is 4.29. The van der Waals surface area contributed by atoms with E-state index in [1.54, 1.807) is 0 Å². The van der Waals surface area contributed by atoms with Crippen LogP contribution in [-0.4, -0.2) is 20.8 Å². The van der Waals surface area contributed by atoms with Crippen LogP contribution in [0.4, 0.5) is 15.6 Å². The summed E-state index contributed by atoms with van der Waals surface area (Å²) in [5.41, 5.74) is 1.75. The van der Waals surface area contributed by atoms with Crippen LogP contribution in [-0.2, 0) is 7.05 Å². The Bertz CT molecular complexity index is 897. The number of carbonyl (C=O) groups excluding carboxylic acids is 1. The summed E-state index contributed by atoms with van der Waals surface area (Å²) in [6, 6.07) is 8.86. The van der Waals surface area contributed by atoms with Crippen molar-refractivity contribution >= 4 is 51.7 Å². The highest BCUT2D eigenvalue weighted by atomic mass is 32.1. The van der Waals surface area contributed by atoms with E-state index in [-0.39, 0.29) is 6.03 Å². The number of nitrogens with zero attached hydrogens (tertiary/aromatic N) is 3. The molecule has 0 radical (unpaired) electrons. The summed E-state index contributed by atoms with van der Waals surface area (Å²) < 4.78 is 2.72. The summed E-state index contributed by atoms with van der Waals surface area (Å²) in [7, 11) is 1.92. The molecule has 0 saturated heterocycles. The van der Waals surface area contributed by atoms with E-state index in [0.717, 1.165) is 19.5 Å². The van der Waals surface area contributed by atoms with Crippen LogP contribution in [0, 0.1) is 10.9 Å². The molecular weight excluding hydrogens is 350 g/mol. The van der Waals surface area contributed by atoms with Crippen molar-refractivity contribution in [2.45, 2.75) is 6.92 Å². The topological polar surface area (TPSA) is 71.8 Å². The zero-order valence-electron chi connectivity index (χ0n) is 12.4. The fourth-order valence-electron chi connectivity index (χ4n) is 1.86. The van der Waals surface area contributed by atoms with Gasteiger partial charge in [-0.15, -0.1) is 21.5 Å². The molecule has 0 spiro atoms. The summed E-state index contributed by atoms with van der Waals surface area (Å²) in [5, 5.41) is 14.8. The highest BCUT2D eigenvalue weighted by molar-refractivity contribution is 7.73. The van der Waals surface area contributed by atoms with Crippen molar-refractivity contribution in [3.63, 3.8) is 0 Å². The Hall–Kier alpha value is -2.10. The number of thiazole rings is 1. The maximum Gasteiger partial charge on any atom is 0.325 e. The van der Waals surface area contributed by atoms with Gasteiger partial charge in [0.2, 0.25) is 5.13 Å². The van der Waals surface area contributed by atoms with Crippen LogP contribution in [0.15, 0.2) is 30.3 Å². The second-order valence-corrected chi connectivity index (χ2v) is 7.32. The van der Waals surface area contributed by atoms with E-state index in [9.17, 15) is 4.79 Å². The van der Waals surface area contributed by atoms with Gasteiger partial charge in [0.15, 0.2) is 8.96 Å². The van der Waals surface area contributed by atoms with Gasteiger partial charge in [0, 0.05) is 18.4 Å². The lowest BCUT2D eigenvalue weighted by molar-refractivity contribution is 0.262. The monoisotopic (exact) mass is 363 g/mol. The van der Waals surface area contributed by atoms with E-state index in [4.69, 9.17) is 12.2 Å². The lowest BCUT2D eigenvalue weighted by atomic mass is 10.3. The van der Waals surface area contributed by atoms with Gasteiger partial charge in [0.25, 0.3) is 0 Å². The van der Waals surface area contributed by atoms with Crippen molar-refractivity contribution in [1.82, 2.24) is 14.8 Å². The summed E-state index contributed by atoms with van der Waals surface area (Å²) in [4.78, 5) is 12.9. The zero-order valence-corrected chi connectivity index (χ0v) is 14.8. The Morgan fingerprint density at radius 1 is 1.17 bits per heavy atom. The van der Waals surface area contributed by atoms with Crippen LogP contribution in [0.1, 0.15) is 5.69 Å². The van der Waals surface area contributed by atoms with Gasteiger partial charge in [0.1, 0.15) is 0 Å². The minimum absolute atomic E-state index is 0.351. The van der Waals surface area contributed by atoms with Gasteiger partial charge in [-0.3, -0.25) is 5.32 Å². The summed E-state index contributed by atoms with van der Waals surface area (Å²) in [6.45, 7) is 1.98. The Morgan fingerprint density at radius 3 is 2.57 bits per heavy atom. The molecule has 3 aromatic rings. The Morgan fingerprint density at radius 2 is 1.91 bits per heavy atom. The number of carbonyl (C=O) groups is 1. The Labute approximate surface area is 145 Å². The van der Waals surface area contributed by atoms with Crippen LogP contribution in [0.25, 0.3) is 9.88 Å². The molecule has 2 amide bonds.